The molecule has 0 aliphatic heterocycles. The van der Waals surface area contributed by atoms with Crippen molar-refractivity contribution in [3.8, 4) is 0 Å². The van der Waals surface area contributed by atoms with Crippen LogP contribution < -0.4 is 42.5 Å². The molecule has 0 radical (unpaired) electrons. The SMILES string of the molecule is CC[C@H](C)[C@H](NC(=O)[C@@H](NC(=O)[C@@H](NC(=O)C(C)(C)NC(=O)OC(C)(C)C)C(C)C)C(C)C)C(=O)NC(C)(C)C(=O)N[C@H](C(=O)N[C@H](C(=O)NC(C)(C)C(=O)OC)C(C)C)[C@@H](C)OCc1ccccc1. The number of rotatable bonds is 25. The third-order valence-corrected chi connectivity index (χ3v) is 11.4. The normalized spacial score (nSPS) is 15.2. The zero-order chi connectivity index (χ0) is 54.3. The van der Waals surface area contributed by atoms with Crippen LogP contribution >= 0.6 is 0 Å². The van der Waals surface area contributed by atoms with Gasteiger partial charge in [0.1, 0.15) is 52.4 Å². The van der Waals surface area contributed by atoms with Crippen molar-refractivity contribution in [3.63, 3.8) is 0 Å². The van der Waals surface area contributed by atoms with Crippen molar-refractivity contribution in [3.05, 3.63) is 35.9 Å². The maximum absolute atomic E-state index is 14.2. The average molecular weight is 989 g/mol. The minimum absolute atomic E-state index is 0.0651. The van der Waals surface area contributed by atoms with Crippen LogP contribution in [0.5, 0.6) is 0 Å². The predicted molar refractivity (Wildman–Crippen MR) is 264 cm³/mol. The number of nitrogens with one attached hydrogen (secondary N) is 8. The van der Waals surface area contributed by atoms with Crippen molar-refractivity contribution < 1.29 is 57.4 Å². The second-order valence-electron chi connectivity index (χ2n) is 21.5. The molecule has 0 heterocycles. The Kier molecular flexibility index (Phi) is 23.5. The molecule has 1 aromatic rings. The molecule has 0 fully saturated rings. The second-order valence-corrected chi connectivity index (χ2v) is 21.5. The van der Waals surface area contributed by atoms with Gasteiger partial charge in [0.15, 0.2) is 0 Å². The van der Waals surface area contributed by atoms with Crippen molar-refractivity contribution in [2.45, 2.75) is 196 Å². The van der Waals surface area contributed by atoms with Gasteiger partial charge in [-0.15, -0.1) is 0 Å². The van der Waals surface area contributed by atoms with E-state index in [1.807, 2.05) is 37.3 Å². The van der Waals surface area contributed by atoms with Crippen LogP contribution in [0.4, 0.5) is 4.79 Å². The summed E-state index contributed by atoms with van der Waals surface area (Å²) >= 11 is 0. The molecule has 0 saturated heterocycles. The summed E-state index contributed by atoms with van der Waals surface area (Å²) in [4.78, 5) is 122. The molecule has 0 unspecified atom stereocenters. The Hall–Kier alpha value is -5.79. The zero-order valence-electron chi connectivity index (χ0n) is 45.0. The zero-order valence-corrected chi connectivity index (χ0v) is 45.0. The van der Waals surface area contributed by atoms with Crippen LogP contribution in [-0.4, -0.2) is 119 Å². The molecule has 396 valence electrons. The van der Waals surface area contributed by atoms with E-state index >= 15 is 0 Å². The Morgan fingerprint density at radius 3 is 1.33 bits per heavy atom. The number of esters is 1. The summed E-state index contributed by atoms with van der Waals surface area (Å²) in [5, 5.41) is 21.5. The first-order valence-electron chi connectivity index (χ1n) is 23.9. The molecule has 8 amide bonds. The number of ether oxygens (including phenoxy) is 3. The summed E-state index contributed by atoms with van der Waals surface area (Å²) in [6, 6.07) is 3.00. The van der Waals surface area contributed by atoms with Gasteiger partial charge in [0.25, 0.3) is 0 Å². The molecule has 8 N–H and O–H groups in total. The van der Waals surface area contributed by atoms with Crippen molar-refractivity contribution >= 4 is 53.4 Å². The third-order valence-electron chi connectivity index (χ3n) is 11.4. The highest BCUT2D eigenvalue weighted by molar-refractivity contribution is 5.99. The number of hydrogen-bond acceptors (Lipinski definition) is 12. The fourth-order valence-electron chi connectivity index (χ4n) is 6.72. The fourth-order valence-corrected chi connectivity index (χ4v) is 6.72. The summed E-state index contributed by atoms with van der Waals surface area (Å²) < 4.78 is 16.2. The van der Waals surface area contributed by atoms with Crippen LogP contribution in [0, 0.1) is 23.7 Å². The molecule has 70 heavy (non-hydrogen) atoms. The third kappa shape index (κ3) is 19.5. The first-order chi connectivity index (χ1) is 32.0. The number of benzene rings is 1. The second kappa shape index (κ2) is 26.4. The topological polar surface area (TPSA) is 278 Å². The first kappa shape index (κ1) is 62.2. The maximum Gasteiger partial charge on any atom is 0.408 e. The molecule has 0 bridgehead atoms. The maximum atomic E-state index is 14.2. The summed E-state index contributed by atoms with van der Waals surface area (Å²) in [5.41, 5.74) is -4.67. The lowest BCUT2D eigenvalue weighted by Crippen LogP contribution is -2.66. The monoisotopic (exact) mass is 989 g/mol. The van der Waals surface area contributed by atoms with Gasteiger partial charge in [-0.1, -0.05) is 92.1 Å². The lowest BCUT2D eigenvalue weighted by atomic mass is 9.94. The largest absolute Gasteiger partial charge is 0.467 e. The molecule has 0 aliphatic rings. The van der Waals surface area contributed by atoms with Gasteiger partial charge in [-0.05, 0) is 98.5 Å². The van der Waals surface area contributed by atoms with E-state index in [0.29, 0.717) is 6.42 Å². The smallest absolute Gasteiger partial charge is 0.408 e. The number of hydrogen-bond donors (Lipinski definition) is 8. The number of carbonyl (C=O) groups is 9. The molecule has 0 aliphatic carbocycles. The average Bonchev–Trinajstić information content (AvgIpc) is 3.24. The minimum Gasteiger partial charge on any atom is -0.467 e. The van der Waals surface area contributed by atoms with E-state index in [1.165, 1.54) is 48.7 Å². The van der Waals surface area contributed by atoms with Gasteiger partial charge in [0.2, 0.25) is 41.4 Å². The molecular weight excluding hydrogens is 905 g/mol. The Balaban J connectivity index is 3.41. The number of carbonyl (C=O) groups excluding carboxylic acids is 9. The predicted octanol–water partition coefficient (Wildman–Crippen LogP) is 3.30. The summed E-state index contributed by atoms with van der Waals surface area (Å²) in [6.45, 7) is 29.1. The van der Waals surface area contributed by atoms with E-state index in [1.54, 1.807) is 76.2 Å². The number of methoxy groups -OCH3 is 1. The summed E-state index contributed by atoms with van der Waals surface area (Å²) in [5.74, 6) is -7.70. The highest BCUT2D eigenvalue weighted by atomic mass is 16.6. The van der Waals surface area contributed by atoms with Gasteiger partial charge in [-0.25, -0.2) is 9.59 Å². The fraction of sp³-hybridized carbons (Fsp3) is 0.700. The van der Waals surface area contributed by atoms with Crippen LogP contribution in [0.25, 0.3) is 0 Å². The van der Waals surface area contributed by atoms with Crippen LogP contribution in [0.2, 0.25) is 0 Å². The molecule has 0 aromatic heterocycles. The molecule has 0 spiro atoms. The minimum atomic E-state index is -1.72. The Labute approximate surface area is 415 Å². The molecule has 1 aromatic carbocycles. The number of amides is 8. The van der Waals surface area contributed by atoms with E-state index in [-0.39, 0.29) is 6.61 Å². The molecule has 7 atom stereocenters. The molecular formula is C50H84N8O12. The summed E-state index contributed by atoms with van der Waals surface area (Å²) in [6.07, 6.45) is -1.40. The van der Waals surface area contributed by atoms with E-state index in [2.05, 4.69) is 42.5 Å². The van der Waals surface area contributed by atoms with Gasteiger partial charge in [-0.2, -0.15) is 0 Å². The quantitative estimate of drug-likeness (QED) is 0.0656. The van der Waals surface area contributed by atoms with Crippen molar-refractivity contribution in [2.75, 3.05) is 7.11 Å². The van der Waals surface area contributed by atoms with E-state index in [4.69, 9.17) is 14.2 Å². The van der Waals surface area contributed by atoms with Crippen LogP contribution in [0.15, 0.2) is 30.3 Å². The molecule has 1 rings (SSSR count). The first-order valence-corrected chi connectivity index (χ1v) is 23.9. The van der Waals surface area contributed by atoms with E-state index < -0.39 is 136 Å². The highest BCUT2D eigenvalue weighted by Gasteiger charge is 2.42. The van der Waals surface area contributed by atoms with Crippen LogP contribution in [0.3, 0.4) is 0 Å². The van der Waals surface area contributed by atoms with E-state index in [9.17, 15) is 43.2 Å². The lowest BCUT2D eigenvalue weighted by Gasteiger charge is -2.34. The van der Waals surface area contributed by atoms with Gasteiger partial charge in [0.05, 0.1) is 19.8 Å². The van der Waals surface area contributed by atoms with E-state index in [0.717, 1.165) is 5.56 Å². The molecule has 20 heteroatoms. The number of alkyl carbamates (subject to hydrolysis) is 1. The van der Waals surface area contributed by atoms with Gasteiger partial charge >= 0.3 is 12.1 Å². The van der Waals surface area contributed by atoms with Crippen molar-refractivity contribution in [2.24, 2.45) is 23.7 Å². The van der Waals surface area contributed by atoms with Gasteiger partial charge in [-0.3, -0.25) is 33.6 Å². The molecule has 20 nitrogen and oxygen atoms in total. The molecule has 0 saturated carbocycles. The van der Waals surface area contributed by atoms with Crippen LogP contribution in [0.1, 0.15) is 137 Å². The Bertz CT molecular complexity index is 1980. The van der Waals surface area contributed by atoms with Crippen LogP contribution in [-0.2, 0) is 59.2 Å². The Morgan fingerprint density at radius 2 is 0.886 bits per heavy atom. The van der Waals surface area contributed by atoms with Gasteiger partial charge in [0, 0.05) is 0 Å². The van der Waals surface area contributed by atoms with Gasteiger partial charge < -0.3 is 56.7 Å². The standard InChI is InChI=1S/C50H84N8O12/c1-20-30(8)36(53-38(59)33(27(2)3)51-39(60)34(28(4)5)54-44(65)49(15,16)58-46(67)70-47(10,11)12)42(63)56-48(13,14)43(64)55-37(31(9)69-26-32-24-22-21-23-25-32)40(61)52-35(29(6)7)41(62)57-50(17,18)45(66)68-19/h21-25,27-31,33-37H,20,26H2,1-19H3,(H,51,60)(H,52,61)(H,53,59)(H,54,65)(H,55,64)(H,56,63)(H,57,62)(H,58,67)/t30-,31+,33-,34-,35-,36-,37-/m0/s1. The highest BCUT2D eigenvalue weighted by Crippen LogP contribution is 2.17. The Morgan fingerprint density at radius 1 is 0.500 bits per heavy atom. The summed E-state index contributed by atoms with van der Waals surface area (Å²) in [7, 11) is 1.19. The lowest BCUT2D eigenvalue weighted by molar-refractivity contribution is -0.150. The van der Waals surface area contributed by atoms with Crippen molar-refractivity contribution in [1.29, 1.82) is 0 Å². The van der Waals surface area contributed by atoms with Crippen molar-refractivity contribution in [1.82, 2.24) is 42.5 Å².